The smallest absolute Gasteiger partial charge is 0.0641 e. The molecule has 0 saturated carbocycles. The Morgan fingerprint density at radius 1 is 0.333 bits per heavy atom. The highest BCUT2D eigenvalue weighted by molar-refractivity contribution is 6.32. The predicted molar refractivity (Wildman–Crippen MR) is 362 cm³/mol. The maximum absolute atomic E-state index is 2.58. The van der Waals surface area contributed by atoms with Gasteiger partial charge in [-0.3, -0.25) is 0 Å². The number of aryl methyl sites for hydroxylation is 4. The Morgan fingerprint density at radius 3 is 1.11 bits per heavy atom. The van der Waals surface area contributed by atoms with Crippen LogP contribution in [0.1, 0.15) is 88.8 Å². The summed E-state index contributed by atoms with van der Waals surface area (Å²) in [6.07, 6.45) is 1.96. The number of anilines is 6. The standard InChI is InChI=1S/C80H70N4/c1-11-51-27-33-57(34-28-51)81(69-39-31-55(79(5,6)7)45-63(69)53-21-17-19-49(3)43-53)71-41-37-59-65-47-74-66(48-73(65)83-67-25-15-13-23-61(67)75(71)77(59)83)60-38-42-72(76-62-24-14-16-26-68(62)84(74)78(60)76)82(58-35-29-52(12-2)30-36-58)70-40-32-56(80(8,9)10)46-64(70)54-22-18-20-50(4)44-54/h13-48H,11-12H2,1-10H3. The van der Waals surface area contributed by atoms with Crippen molar-refractivity contribution >= 4 is 110 Å². The molecule has 0 aliphatic heterocycles. The third-order valence-electron chi connectivity index (χ3n) is 18.3. The van der Waals surface area contributed by atoms with Crippen LogP contribution in [0.5, 0.6) is 0 Å². The Labute approximate surface area is 493 Å². The molecular formula is C80H70N4. The summed E-state index contributed by atoms with van der Waals surface area (Å²) in [6.45, 7) is 22.8. The van der Waals surface area contributed by atoms with Crippen molar-refractivity contribution in [2.75, 3.05) is 9.80 Å². The zero-order chi connectivity index (χ0) is 57.5. The molecule has 84 heavy (non-hydrogen) atoms. The van der Waals surface area contributed by atoms with Crippen molar-refractivity contribution in [1.29, 1.82) is 0 Å². The zero-order valence-electron chi connectivity index (χ0n) is 50.0. The number of hydrogen-bond acceptors (Lipinski definition) is 2. The Balaban J connectivity index is 1.00. The van der Waals surface area contributed by atoms with Crippen LogP contribution in [0, 0.1) is 13.8 Å². The molecule has 0 atom stereocenters. The second-order valence-electron chi connectivity index (χ2n) is 25.7. The van der Waals surface area contributed by atoms with Crippen LogP contribution in [-0.4, -0.2) is 8.80 Å². The third-order valence-corrected chi connectivity index (χ3v) is 18.3. The van der Waals surface area contributed by atoms with Gasteiger partial charge in [0.05, 0.1) is 55.8 Å². The minimum atomic E-state index is -0.0361. The van der Waals surface area contributed by atoms with Gasteiger partial charge in [-0.2, -0.15) is 0 Å². The van der Waals surface area contributed by atoms with E-state index in [0.717, 1.165) is 47.0 Å². The van der Waals surface area contributed by atoms with Crippen molar-refractivity contribution in [3.05, 3.63) is 252 Å². The van der Waals surface area contributed by atoms with E-state index in [1.807, 2.05) is 0 Å². The summed E-state index contributed by atoms with van der Waals surface area (Å²) in [5, 5.41) is 9.98. The van der Waals surface area contributed by atoms with Crippen molar-refractivity contribution < 1.29 is 0 Å². The van der Waals surface area contributed by atoms with E-state index in [9.17, 15) is 0 Å². The van der Waals surface area contributed by atoms with Gasteiger partial charge in [0.1, 0.15) is 0 Å². The highest BCUT2D eigenvalue weighted by Gasteiger charge is 2.31. The van der Waals surface area contributed by atoms with Gasteiger partial charge in [-0.25, -0.2) is 0 Å². The van der Waals surface area contributed by atoms with Crippen molar-refractivity contribution in [1.82, 2.24) is 8.80 Å². The summed E-state index contributed by atoms with van der Waals surface area (Å²) in [6, 6.07) is 83.7. The fourth-order valence-corrected chi connectivity index (χ4v) is 13.9. The number of rotatable bonds is 10. The largest absolute Gasteiger partial charge is 0.309 e. The summed E-state index contributed by atoms with van der Waals surface area (Å²) >= 11 is 0. The molecule has 0 amide bonds. The molecular weight excluding hydrogens is 1020 g/mol. The zero-order valence-corrected chi connectivity index (χ0v) is 50.0. The van der Waals surface area contributed by atoms with Crippen LogP contribution in [0.3, 0.4) is 0 Å². The lowest BCUT2D eigenvalue weighted by atomic mass is 9.84. The monoisotopic (exact) mass is 1090 g/mol. The first-order chi connectivity index (χ1) is 40.7. The summed E-state index contributed by atoms with van der Waals surface area (Å²) in [5.74, 6) is 0. The van der Waals surface area contributed by atoms with Gasteiger partial charge in [-0.15, -0.1) is 0 Å². The molecule has 0 unspecified atom stereocenters. The summed E-state index contributed by atoms with van der Waals surface area (Å²) in [7, 11) is 0. The molecule has 0 radical (unpaired) electrons. The molecule has 0 bridgehead atoms. The van der Waals surface area contributed by atoms with E-state index in [1.54, 1.807) is 0 Å². The van der Waals surface area contributed by atoms with Crippen LogP contribution in [-0.2, 0) is 23.7 Å². The molecule has 15 aromatic rings. The van der Waals surface area contributed by atoms with E-state index in [2.05, 4.69) is 306 Å². The fourth-order valence-electron chi connectivity index (χ4n) is 13.9. The molecule has 0 spiro atoms. The van der Waals surface area contributed by atoms with Gasteiger partial charge < -0.3 is 18.6 Å². The third kappa shape index (κ3) is 7.94. The Bertz CT molecular complexity index is 4750. The van der Waals surface area contributed by atoms with E-state index < -0.39 is 0 Å². The van der Waals surface area contributed by atoms with Gasteiger partial charge >= 0.3 is 0 Å². The fraction of sp³-hybridized carbons (Fsp3) is 0.175. The van der Waals surface area contributed by atoms with Gasteiger partial charge in [0.25, 0.3) is 0 Å². The molecule has 4 heterocycles. The number of nitrogens with zero attached hydrogens (tertiary/aromatic N) is 4. The van der Waals surface area contributed by atoms with Crippen LogP contribution >= 0.6 is 0 Å². The van der Waals surface area contributed by atoms with E-state index in [-0.39, 0.29) is 10.8 Å². The first-order valence-corrected chi connectivity index (χ1v) is 30.2. The molecule has 11 aromatic carbocycles. The summed E-state index contributed by atoms with van der Waals surface area (Å²) < 4.78 is 5.16. The van der Waals surface area contributed by atoms with Crippen LogP contribution in [0.4, 0.5) is 34.1 Å². The van der Waals surface area contributed by atoms with Gasteiger partial charge in [-0.05, 0) is 156 Å². The normalized spacial score (nSPS) is 12.5. The van der Waals surface area contributed by atoms with Crippen molar-refractivity contribution in [2.24, 2.45) is 0 Å². The maximum atomic E-state index is 2.58. The summed E-state index contributed by atoms with van der Waals surface area (Å²) in [4.78, 5) is 5.09. The summed E-state index contributed by atoms with van der Waals surface area (Å²) in [5.41, 5.74) is 26.8. The van der Waals surface area contributed by atoms with Gasteiger partial charge in [-0.1, -0.05) is 200 Å². The molecule has 4 heteroatoms. The molecule has 410 valence electrons. The van der Waals surface area contributed by atoms with Crippen molar-refractivity contribution in [2.45, 2.75) is 92.9 Å². The number of aromatic nitrogens is 2. The number of para-hydroxylation sites is 2. The average Bonchev–Trinajstić information content (AvgIpc) is 1.56. The molecule has 0 aliphatic carbocycles. The number of fused-ring (bicyclic) bond motifs is 12. The second-order valence-corrected chi connectivity index (χ2v) is 25.7. The molecule has 0 fully saturated rings. The number of hydrogen-bond donors (Lipinski definition) is 0. The van der Waals surface area contributed by atoms with Crippen LogP contribution < -0.4 is 9.80 Å². The average molecular weight is 1090 g/mol. The van der Waals surface area contributed by atoms with Crippen molar-refractivity contribution in [3.8, 4) is 22.3 Å². The minimum Gasteiger partial charge on any atom is -0.309 e. The van der Waals surface area contributed by atoms with E-state index in [0.29, 0.717) is 0 Å². The van der Waals surface area contributed by atoms with Crippen LogP contribution in [0.15, 0.2) is 218 Å². The lowest BCUT2D eigenvalue weighted by Crippen LogP contribution is -2.15. The SMILES string of the molecule is CCc1ccc(N(c2ccc(C(C)(C)C)cc2-c2cccc(C)c2)c2ccc3c4cc5c(cc4n4c6ccccc6c2c34)c2ccc(N(c3ccc(CC)cc3)c3ccc(C(C)(C)C)cc3-c3cccc(C)c3)c3c4ccccc4n5c23)cc1. The van der Waals surface area contributed by atoms with Crippen molar-refractivity contribution in [3.63, 3.8) is 0 Å². The molecule has 4 nitrogen and oxygen atoms in total. The first-order valence-electron chi connectivity index (χ1n) is 30.2. The Kier molecular flexibility index (Phi) is 11.7. The molecule has 0 aliphatic rings. The lowest BCUT2D eigenvalue weighted by molar-refractivity contribution is 0.590. The molecule has 0 saturated heterocycles. The minimum absolute atomic E-state index is 0.0361. The predicted octanol–water partition coefficient (Wildman–Crippen LogP) is 22.6. The highest BCUT2D eigenvalue weighted by Crippen LogP contribution is 2.53. The first kappa shape index (κ1) is 51.5. The number of benzene rings is 11. The Morgan fingerprint density at radius 2 is 0.726 bits per heavy atom. The van der Waals surface area contributed by atoms with E-state index in [4.69, 9.17) is 0 Å². The quantitative estimate of drug-likeness (QED) is 0.136. The molecule has 15 rings (SSSR count). The van der Waals surface area contributed by atoms with Gasteiger partial charge in [0, 0.05) is 65.6 Å². The second kappa shape index (κ2) is 19.1. The maximum Gasteiger partial charge on any atom is 0.0641 e. The Hall–Kier alpha value is -9.38. The molecule has 4 aromatic heterocycles. The topological polar surface area (TPSA) is 15.3 Å². The highest BCUT2D eigenvalue weighted by atomic mass is 15.2. The molecule has 0 N–H and O–H groups in total. The van der Waals surface area contributed by atoms with E-state index >= 15 is 0 Å². The van der Waals surface area contributed by atoms with E-state index in [1.165, 1.54) is 132 Å². The lowest BCUT2D eigenvalue weighted by Gasteiger charge is -2.30. The van der Waals surface area contributed by atoms with Crippen LogP contribution in [0.25, 0.3) is 98.4 Å². The van der Waals surface area contributed by atoms with Crippen LogP contribution in [0.2, 0.25) is 0 Å². The van der Waals surface area contributed by atoms with Gasteiger partial charge in [0.2, 0.25) is 0 Å². The van der Waals surface area contributed by atoms with Gasteiger partial charge in [0.15, 0.2) is 0 Å².